The van der Waals surface area contributed by atoms with Crippen LogP contribution in [-0.2, 0) is 0 Å². The molecule has 1 aromatic carbocycles. The lowest BCUT2D eigenvalue weighted by molar-refractivity contribution is 0.0515. The van der Waals surface area contributed by atoms with Gasteiger partial charge in [-0.2, -0.15) is 5.10 Å². The quantitative estimate of drug-likeness (QED) is 0.619. The standard InChI is InChI=1S/C20H20BrN5O2/c1-14-18(12-24-26(14)16-6-3-2-4-7-16)19(27)25-9-5-8-17(13-25)28-20-22-10-15(21)11-23-20/h2-4,6-7,10-12,17H,5,8-9,13H2,1H3. The molecule has 144 valence electrons. The van der Waals surface area contributed by atoms with E-state index < -0.39 is 0 Å². The highest BCUT2D eigenvalue weighted by Crippen LogP contribution is 2.20. The molecule has 1 amide bonds. The lowest BCUT2D eigenvalue weighted by atomic mass is 10.1. The minimum Gasteiger partial charge on any atom is -0.458 e. The Morgan fingerprint density at radius 3 is 2.68 bits per heavy atom. The van der Waals surface area contributed by atoms with Gasteiger partial charge in [-0.15, -0.1) is 0 Å². The van der Waals surface area contributed by atoms with E-state index in [1.165, 1.54) is 0 Å². The van der Waals surface area contributed by atoms with E-state index in [9.17, 15) is 4.79 Å². The summed E-state index contributed by atoms with van der Waals surface area (Å²) in [6.45, 7) is 3.13. The van der Waals surface area contributed by atoms with Crippen molar-refractivity contribution in [1.29, 1.82) is 0 Å². The summed E-state index contributed by atoms with van der Waals surface area (Å²) in [5.41, 5.74) is 2.38. The molecule has 1 atom stereocenters. The number of carbonyl (C=O) groups is 1. The normalized spacial score (nSPS) is 16.8. The van der Waals surface area contributed by atoms with E-state index in [-0.39, 0.29) is 12.0 Å². The number of rotatable bonds is 4. The molecule has 1 aliphatic rings. The number of likely N-dealkylation sites (tertiary alicyclic amines) is 1. The number of ether oxygens (including phenoxy) is 1. The first kappa shape index (κ1) is 18.6. The van der Waals surface area contributed by atoms with Crippen LogP contribution in [-0.4, -0.2) is 49.7 Å². The zero-order valence-corrected chi connectivity index (χ0v) is 17.0. The fraction of sp³-hybridized carbons (Fsp3) is 0.300. The van der Waals surface area contributed by atoms with Crippen LogP contribution < -0.4 is 4.74 Å². The van der Waals surface area contributed by atoms with E-state index in [4.69, 9.17) is 4.74 Å². The molecule has 0 aliphatic carbocycles. The van der Waals surface area contributed by atoms with Gasteiger partial charge in [-0.05, 0) is 47.8 Å². The topological polar surface area (TPSA) is 73.1 Å². The molecule has 8 heteroatoms. The van der Waals surface area contributed by atoms with Crippen molar-refractivity contribution < 1.29 is 9.53 Å². The van der Waals surface area contributed by atoms with Crippen molar-refractivity contribution in [3.05, 3.63) is 64.7 Å². The SMILES string of the molecule is Cc1c(C(=O)N2CCCC(Oc3ncc(Br)cn3)C2)cnn1-c1ccccc1. The van der Waals surface area contributed by atoms with E-state index >= 15 is 0 Å². The van der Waals surface area contributed by atoms with E-state index in [0.717, 1.165) is 28.7 Å². The average Bonchev–Trinajstić information content (AvgIpc) is 3.11. The molecule has 0 saturated carbocycles. The van der Waals surface area contributed by atoms with Gasteiger partial charge in [0.25, 0.3) is 5.91 Å². The highest BCUT2D eigenvalue weighted by Gasteiger charge is 2.28. The molecule has 7 nitrogen and oxygen atoms in total. The van der Waals surface area contributed by atoms with Crippen LogP contribution in [0.5, 0.6) is 6.01 Å². The van der Waals surface area contributed by atoms with Crippen molar-refractivity contribution in [2.75, 3.05) is 13.1 Å². The lowest BCUT2D eigenvalue weighted by Gasteiger charge is -2.32. The number of amides is 1. The average molecular weight is 442 g/mol. The minimum atomic E-state index is -0.122. The van der Waals surface area contributed by atoms with Crippen molar-refractivity contribution in [2.24, 2.45) is 0 Å². The van der Waals surface area contributed by atoms with Crippen LogP contribution >= 0.6 is 15.9 Å². The number of hydrogen-bond donors (Lipinski definition) is 0. The molecule has 1 aliphatic heterocycles. The Bertz CT molecular complexity index is 958. The zero-order chi connectivity index (χ0) is 19.5. The van der Waals surface area contributed by atoms with Crippen molar-refractivity contribution in [2.45, 2.75) is 25.9 Å². The molecule has 1 fully saturated rings. The lowest BCUT2D eigenvalue weighted by Crippen LogP contribution is -2.44. The maximum Gasteiger partial charge on any atom is 0.316 e. The number of aromatic nitrogens is 4. The predicted octanol–water partition coefficient (Wildman–Crippen LogP) is 3.42. The first-order valence-corrected chi connectivity index (χ1v) is 9.94. The van der Waals surface area contributed by atoms with Crippen LogP contribution in [0, 0.1) is 6.92 Å². The second kappa shape index (κ2) is 8.10. The second-order valence-electron chi connectivity index (χ2n) is 6.71. The van der Waals surface area contributed by atoms with Crippen LogP contribution in [0.2, 0.25) is 0 Å². The summed E-state index contributed by atoms with van der Waals surface area (Å²) in [6, 6.07) is 10.1. The molecule has 4 rings (SSSR count). The maximum absolute atomic E-state index is 13.1. The molecule has 2 aromatic heterocycles. The van der Waals surface area contributed by atoms with Gasteiger partial charge in [-0.1, -0.05) is 18.2 Å². The Kier molecular flexibility index (Phi) is 5.38. The molecular weight excluding hydrogens is 422 g/mol. The van der Waals surface area contributed by atoms with Gasteiger partial charge in [-0.3, -0.25) is 4.79 Å². The highest BCUT2D eigenvalue weighted by molar-refractivity contribution is 9.10. The number of halogens is 1. The van der Waals surface area contributed by atoms with E-state index in [2.05, 4.69) is 31.0 Å². The minimum absolute atomic E-state index is 0.0234. The van der Waals surface area contributed by atoms with Crippen molar-refractivity contribution in [3.8, 4) is 11.7 Å². The number of benzene rings is 1. The number of carbonyl (C=O) groups excluding carboxylic acids is 1. The summed E-state index contributed by atoms with van der Waals surface area (Å²) in [6.07, 6.45) is 6.56. The smallest absolute Gasteiger partial charge is 0.316 e. The zero-order valence-electron chi connectivity index (χ0n) is 15.5. The summed E-state index contributed by atoms with van der Waals surface area (Å²) < 4.78 is 8.46. The van der Waals surface area contributed by atoms with Gasteiger partial charge in [0.1, 0.15) is 6.10 Å². The molecule has 1 saturated heterocycles. The molecule has 3 aromatic rings. The van der Waals surface area contributed by atoms with Gasteiger partial charge in [0, 0.05) is 18.9 Å². The summed E-state index contributed by atoms with van der Waals surface area (Å²) in [5.74, 6) is -0.0234. The van der Waals surface area contributed by atoms with Crippen LogP contribution in [0.1, 0.15) is 28.9 Å². The number of para-hydroxylation sites is 1. The summed E-state index contributed by atoms with van der Waals surface area (Å²) in [4.78, 5) is 23.2. The third-order valence-corrected chi connectivity index (χ3v) is 5.18. The van der Waals surface area contributed by atoms with Crippen LogP contribution in [0.15, 0.2) is 53.4 Å². The Labute approximate surface area is 171 Å². The summed E-state index contributed by atoms with van der Waals surface area (Å²) >= 11 is 3.31. The first-order chi connectivity index (χ1) is 13.6. The van der Waals surface area contributed by atoms with Gasteiger partial charge in [0.05, 0.1) is 34.2 Å². The first-order valence-electron chi connectivity index (χ1n) is 9.15. The Hall–Kier alpha value is -2.74. The van der Waals surface area contributed by atoms with Crippen molar-refractivity contribution >= 4 is 21.8 Å². The number of hydrogen-bond acceptors (Lipinski definition) is 5. The highest BCUT2D eigenvalue weighted by atomic mass is 79.9. The number of nitrogens with zero attached hydrogens (tertiary/aromatic N) is 5. The molecule has 0 N–H and O–H groups in total. The predicted molar refractivity (Wildman–Crippen MR) is 108 cm³/mol. The fourth-order valence-electron chi connectivity index (χ4n) is 3.35. The van der Waals surface area contributed by atoms with E-state index in [0.29, 0.717) is 24.7 Å². The Morgan fingerprint density at radius 1 is 1.18 bits per heavy atom. The second-order valence-corrected chi connectivity index (χ2v) is 7.62. The van der Waals surface area contributed by atoms with Gasteiger partial charge in [0.2, 0.25) is 0 Å². The molecule has 3 heterocycles. The van der Waals surface area contributed by atoms with Gasteiger partial charge in [-0.25, -0.2) is 14.6 Å². The monoisotopic (exact) mass is 441 g/mol. The van der Waals surface area contributed by atoms with E-state index in [1.54, 1.807) is 23.3 Å². The Morgan fingerprint density at radius 2 is 1.93 bits per heavy atom. The van der Waals surface area contributed by atoms with Crippen LogP contribution in [0.4, 0.5) is 0 Å². The summed E-state index contributed by atoms with van der Waals surface area (Å²) in [7, 11) is 0. The van der Waals surface area contributed by atoms with Crippen LogP contribution in [0.3, 0.4) is 0 Å². The molecule has 1 unspecified atom stereocenters. The molecule has 28 heavy (non-hydrogen) atoms. The van der Waals surface area contributed by atoms with E-state index in [1.807, 2.05) is 42.2 Å². The molecule has 0 bridgehead atoms. The van der Waals surface area contributed by atoms with Gasteiger partial charge >= 0.3 is 6.01 Å². The van der Waals surface area contributed by atoms with Gasteiger partial charge in [0.15, 0.2) is 0 Å². The fourth-order valence-corrected chi connectivity index (χ4v) is 3.55. The largest absolute Gasteiger partial charge is 0.458 e. The van der Waals surface area contributed by atoms with Crippen molar-refractivity contribution in [3.63, 3.8) is 0 Å². The third-order valence-electron chi connectivity index (χ3n) is 4.78. The van der Waals surface area contributed by atoms with Gasteiger partial charge < -0.3 is 9.64 Å². The van der Waals surface area contributed by atoms with Crippen molar-refractivity contribution in [1.82, 2.24) is 24.6 Å². The molecular formula is C20H20BrN5O2. The maximum atomic E-state index is 13.1. The van der Waals surface area contributed by atoms with Crippen LogP contribution in [0.25, 0.3) is 5.69 Å². The summed E-state index contributed by atoms with van der Waals surface area (Å²) in [5, 5.41) is 4.41. The third kappa shape index (κ3) is 3.91. The number of piperidine rings is 1. The molecule has 0 radical (unpaired) electrons. The Balaban J connectivity index is 1.47. The molecule has 0 spiro atoms.